The maximum atomic E-state index is 12.4. The van der Waals surface area contributed by atoms with Gasteiger partial charge in [0.25, 0.3) is 0 Å². The number of hydrogen-bond donors (Lipinski definition) is 3. The monoisotopic (exact) mass is 407 g/mol. The molecule has 0 unspecified atom stereocenters. The summed E-state index contributed by atoms with van der Waals surface area (Å²) in [5.74, 6) is -0.427. The van der Waals surface area contributed by atoms with E-state index in [4.69, 9.17) is 32.3 Å². The van der Waals surface area contributed by atoms with Crippen molar-refractivity contribution >= 4 is 47.4 Å². The van der Waals surface area contributed by atoms with Crippen LogP contribution in [-0.2, 0) is 22.3 Å². The number of fused-ring (bicyclic) bond motifs is 1. The molecule has 0 aliphatic heterocycles. The molecule has 0 aliphatic rings. The molecule has 3 N–H and O–H groups in total. The average Bonchev–Trinajstić information content (AvgIpc) is 3.01. The molecule has 0 aliphatic carbocycles. The first-order valence-electron chi connectivity index (χ1n) is 8.13. The molecule has 6 nitrogen and oxygen atoms in total. The Morgan fingerprint density at radius 2 is 1.85 bits per heavy atom. The molecule has 9 heteroatoms. The first-order chi connectivity index (χ1) is 12.9. The molecule has 0 fully saturated rings. The summed E-state index contributed by atoms with van der Waals surface area (Å²) in [5, 5.41) is 22.6. The number of nitrogens with one attached hydrogen (secondary N) is 1. The van der Waals surface area contributed by atoms with Crippen LogP contribution in [0.2, 0.25) is 10.0 Å². The second kappa shape index (κ2) is 8.78. The third-order valence-corrected chi connectivity index (χ3v) is 4.68. The van der Waals surface area contributed by atoms with E-state index in [9.17, 15) is 14.8 Å². The van der Waals surface area contributed by atoms with Gasteiger partial charge >= 0.3 is 7.32 Å². The van der Waals surface area contributed by atoms with E-state index in [0.29, 0.717) is 21.2 Å². The molecule has 3 aromatic rings. The van der Waals surface area contributed by atoms with E-state index in [1.54, 1.807) is 24.5 Å². The topological polar surface area (TPSA) is 91.9 Å². The SMILES string of the molecule is O=C(Cc1c(Cl)cccc1Cl)N[C@@H](Cc1coc2ccccc12)OB(O)O. The summed E-state index contributed by atoms with van der Waals surface area (Å²) in [6.45, 7) is 0. The highest BCUT2D eigenvalue weighted by molar-refractivity contribution is 6.36. The minimum atomic E-state index is -2.04. The Morgan fingerprint density at radius 1 is 1.15 bits per heavy atom. The lowest BCUT2D eigenvalue weighted by atomic mass is 10.1. The second-order valence-corrected chi connectivity index (χ2v) is 6.67. The first-order valence-corrected chi connectivity index (χ1v) is 8.88. The maximum Gasteiger partial charge on any atom is 0.635 e. The van der Waals surface area contributed by atoms with Crippen molar-refractivity contribution < 1.29 is 23.9 Å². The average molecular weight is 408 g/mol. The Bertz CT molecular complexity index is 926. The maximum absolute atomic E-state index is 12.4. The zero-order valence-corrected chi connectivity index (χ0v) is 15.6. The fourth-order valence-electron chi connectivity index (χ4n) is 2.76. The zero-order chi connectivity index (χ0) is 19.4. The summed E-state index contributed by atoms with van der Waals surface area (Å²) < 4.78 is 10.5. The highest BCUT2D eigenvalue weighted by atomic mass is 35.5. The second-order valence-electron chi connectivity index (χ2n) is 5.86. The molecule has 1 heterocycles. The number of furan rings is 1. The van der Waals surface area contributed by atoms with Crippen molar-refractivity contribution in [1.29, 1.82) is 0 Å². The highest BCUT2D eigenvalue weighted by Gasteiger charge is 2.23. The van der Waals surface area contributed by atoms with E-state index in [-0.39, 0.29) is 12.8 Å². The van der Waals surface area contributed by atoms with Crippen molar-refractivity contribution in [2.75, 3.05) is 0 Å². The van der Waals surface area contributed by atoms with Gasteiger partial charge in [-0.3, -0.25) is 4.79 Å². The number of carbonyl (C=O) groups excluding carboxylic acids is 1. The smallest absolute Gasteiger partial charge is 0.464 e. The Hall–Kier alpha value is -2.03. The Labute approximate surface area is 165 Å². The number of hydrogen-bond acceptors (Lipinski definition) is 5. The van der Waals surface area contributed by atoms with Crippen molar-refractivity contribution in [1.82, 2.24) is 5.32 Å². The Kier molecular flexibility index (Phi) is 6.41. The van der Waals surface area contributed by atoms with Crippen LogP contribution in [0.25, 0.3) is 11.0 Å². The molecule has 0 bridgehead atoms. The van der Waals surface area contributed by atoms with E-state index in [1.807, 2.05) is 24.3 Å². The number of para-hydroxylation sites is 1. The van der Waals surface area contributed by atoms with Crippen molar-refractivity contribution in [3.8, 4) is 0 Å². The van der Waals surface area contributed by atoms with Crippen LogP contribution < -0.4 is 5.32 Å². The predicted octanol–water partition coefficient (Wildman–Crippen LogP) is 2.95. The molecule has 0 saturated heterocycles. The fourth-order valence-corrected chi connectivity index (χ4v) is 3.29. The van der Waals surface area contributed by atoms with Gasteiger partial charge in [-0.2, -0.15) is 0 Å². The van der Waals surface area contributed by atoms with Crippen LogP contribution >= 0.6 is 23.2 Å². The van der Waals surface area contributed by atoms with Crippen LogP contribution in [0.5, 0.6) is 0 Å². The van der Waals surface area contributed by atoms with Crippen molar-refractivity contribution in [2.24, 2.45) is 0 Å². The predicted molar refractivity (Wildman–Crippen MR) is 103 cm³/mol. The zero-order valence-electron chi connectivity index (χ0n) is 14.1. The molecule has 140 valence electrons. The van der Waals surface area contributed by atoms with Crippen LogP contribution in [0.15, 0.2) is 53.1 Å². The number of amides is 1. The molecule has 2 aromatic carbocycles. The molecular weight excluding hydrogens is 392 g/mol. The molecule has 1 aromatic heterocycles. The van der Waals surface area contributed by atoms with E-state index < -0.39 is 19.5 Å². The number of rotatable bonds is 7. The van der Waals surface area contributed by atoms with Gasteiger partial charge in [-0.05, 0) is 23.8 Å². The van der Waals surface area contributed by atoms with Gasteiger partial charge in [-0.1, -0.05) is 47.5 Å². The van der Waals surface area contributed by atoms with Gasteiger partial charge in [-0.15, -0.1) is 0 Å². The lowest BCUT2D eigenvalue weighted by Crippen LogP contribution is -2.43. The molecule has 1 atom stereocenters. The summed E-state index contributed by atoms with van der Waals surface area (Å²) in [7, 11) is -2.04. The van der Waals surface area contributed by atoms with Gasteiger partial charge < -0.3 is 24.4 Å². The van der Waals surface area contributed by atoms with Gasteiger partial charge in [0.15, 0.2) is 0 Å². The highest BCUT2D eigenvalue weighted by Crippen LogP contribution is 2.25. The minimum absolute atomic E-state index is 0.0774. The van der Waals surface area contributed by atoms with E-state index in [2.05, 4.69) is 5.32 Å². The lowest BCUT2D eigenvalue weighted by Gasteiger charge is -2.19. The molecule has 27 heavy (non-hydrogen) atoms. The minimum Gasteiger partial charge on any atom is -0.464 e. The Morgan fingerprint density at radius 3 is 2.56 bits per heavy atom. The van der Waals surface area contributed by atoms with Gasteiger partial charge in [0.05, 0.1) is 12.7 Å². The first kappa shape index (κ1) is 19.7. The van der Waals surface area contributed by atoms with Crippen molar-refractivity contribution in [2.45, 2.75) is 19.1 Å². The van der Waals surface area contributed by atoms with E-state index in [0.717, 1.165) is 10.9 Å². The quantitative estimate of drug-likeness (QED) is 0.413. The van der Waals surface area contributed by atoms with Gasteiger partial charge in [-0.25, -0.2) is 0 Å². The van der Waals surface area contributed by atoms with Crippen LogP contribution in [0.1, 0.15) is 11.1 Å². The third-order valence-electron chi connectivity index (χ3n) is 3.97. The summed E-state index contributed by atoms with van der Waals surface area (Å²) >= 11 is 12.2. The Balaban J connectivity index is 1.74. The molecule has 0 radical (unpaired) electrons. The van der Waals surface area contributed by atoms with Gasteiger partial charge in [0.1, 0.15) is 11.8 Å². The number of benzene rings is 2. The summed E-state index contributed by atoms with van der Waals surface area (Å²) in [6.07, 6.45) is 0.657. The fraction of sp³-hybridized carbons (Fsp3) is 0.167. The van der Waals surface area contributed by atoms with Crippen molar-refractivity contribution in [3.05, 3.63) is 69.9 Å². The van der Waals surface area contributed by atoms with Crippen LogP contribution in [0.3, 0.4) is 0 Å². The lowest BCUT2D eigenvalue weighted by molar-refractivity contribution is -0.123. The van der Waals surface area contributed by atoms with Crippen LogP contribution in [0, 0.1) is 0 Å². The van der Waals surface area contributed by atoms with Gasteiger partial charge in [0, 0.05) is 27.4 Å². The summed E-state index contributed by atoms with van der Waals surface area (Å²) in [4.78, 5) is 12.4. The normalized spacial score (nSPS) is 12.1. The van der Waals surface area contributed by atoms with Crippen LogP contribution in [0.4, 0.5) is 0 Å². The largest absolute Gasteiger partial charge is 0.635 e. The molecule has 0 spiro atoms. The molecular formula is C18H16BCl2NO5. The molecule has 0 saturated carbocycles. The van der Waals surface area contributed by atoms with E-state index in [1.165, 1.54) is 0 Å². The third kappa shape index (κ3) is 5.03. The standard InChI is InChI=1S/C18H16BCl2NO5/c20-14-5-3-6-15(21)13(14)9-17(23)22-18(27-19(24)25)8-11-10-26-16-7-2-1-4-12(11)16/h1-7,10,18,24-25H,8-9H2,(H,22,23)/t18-/m1/s1. The molecule has 3 rings (SSSR count). The van der Waals surface area contributed by atoms with Crippen molar-refractivity contribution in [3.63, 3.8) is 0 Å². The van der Waals surface area contributed by atoms with E-state index >= 15 is 0 Å². The summed E-state index contributed by atoms with van der Waals surface area (Å²) in [5.41, 5.74) is 1.92. The molecule has 1 amide bonds. The van der Waals surface area contributed by atoms with Gasteiger partial charge in [0.2, 0.25) is 5.91 Å². The summed E-state index contributed by atoms with van der Waals surface area (Å²) in [6, 6.07) is 12.3. The number of carbonyl (C=O) groups is 1. The van der Waals surface area contributed by atoms with Crippen LogP contribution in [-0.4, -0.2) is 29.5 Å². The number of halogens is 2.